The number of hydrogen-bond acceptors (Lipinski definition) is 5. The molecule has 0 aliphatic rings. The molecule has 0 radical (unpaired) electrons. The van der Waals surface area contributed by atoms with E-state index in [4.69, 9.17) is 9.47 Å². The molecule has 3 rings (SSSR count). The molecule has 0 saturated carbocycles. The highest BCUT2D eigenvalue weighted by Gasteiger charge is 2.09. The van der Waals surface area contributed by atoms with E-state index < -0.39 is 17.7 Å². The van der Waals surface area contributed by atoms with Gasteiger partial charge in [-0.05, 0) is 85.3 Å². The van der Waals surface area contributed by atoms with Gasteiger partial charge >= 0.3 is 5.97 Å². The van der Waals surface area contributed by atoms with Crippen LogP contribution in [-0.4, -0.2) is 24.7 Å². The van der Waals surface area contributed by atoms with E-state index >= 15 is 0 Å². The molecular formula is C23H19FN2O4. The zero-order valence-electron chi connectivity index (χ0n) is 16.2. The van der Waals surface area contributed by atoms with Gasteiger partial charge < -0.3 is 9.47 Å². The first kappa shape index (κ1) is 20.7. The third kappa shape index (κ3) is 5.75. The monoisotopic (exact) mass is 406 g/mol. The van der Waals surface area contributed by atoms with E-state index in [0.29, 0.717) is 34.8 Å². The molecule has 0 fully saturated rings. The molecule has 0 heterocycles. The van der Waals surface area contributed by atoms with Crippen molar-refractivity contribution < 1.29 is 23.5 Å². The third-order valence-electron chi connectivity index (χ3n) is 3.98. The number of carbonyl (C=O) groups excluding carboxylic acids is 2. The maximum Gasteiger partial charge on any atom is 0.343 e. The van der Waals surface area contributed by atoms with Crippen molar-refractivity contribution in [3.8, 4) is 11.5 Å². The molecule has 3 aromatic rings. The van der Waals surface area contributed by atoms with Crippen LogP contribution in [0.25, 0.3) is 0 Å². The summed E-state index contributed by atoms with van der Waals surface area (Å²) in [5.74, 6) is -0.290. The van der Waals surface area contributed by atoms with Crippen molar-refractivity contribution in [3.63, 3.8) is 0 Å². The zero-order chi connectivity index (χ0) is 21.3. The number of nitrogens with zero attached hydrogens (tertiary/aromatic N) is 1. The molecule has 1 N–H and O–H groups in total. The number of nitrogens with one attached hydrogen (secondary N) is 1. The molecule has 0 aliphatic carbocycles. The fourth-order valence-electron chi connectivity index (χ4n) is 2.47. The summed E-state index contributed by atoms with van der Waals surface area (Å²) in [6.45, 7) is 2.44. The van der Waals surface area contributed by atoms with Gasteiger partial charge in [-0.3, -0.25) is 4.79 Å². The van der Waals surface area contributed by atoms with Crippen molar-refractivity contribution >= 4 is 18.1 Å². The van der Waals surface area contributed by atoms with Gasteiger partial charge in [0.15, 0.2) is 0 Å². The van der Waals surface area contributed by atoms with Crippen LogP contribution in [0.3, 0.4) is 0 Å². The number of ether oxygens (including phenoxy) is 2. The Bertz CT molecular complexity index is 1030. The van der Waals surface area contributed by atoms with Crippen LogP contribution in [0.5, 0.6) is 11.5 Å². The van der Waals surface area contributed by atoms with E-state index in [9.17, 15) is 14.0 Å². The summed E-state index contributed by atoms with van der Waals surface area (Å²) < 4.78 is 23.6. The van der Waals surface area contributed by atoms with Gasteiger partial charge in [-0.15, -0.1) is 0 Å². The number of esters is 1. The van der Waals surface area contributed by atoms with E-state index in [1.165, 1.54) is 30.5 Å². The summed E-state index contributed by atoms with van der Waals surface area (Å²) in [5.41, 5.74) is 3.76. The summed E-state index contributed by atoms with van der Waals surface area (Å²) in [6.07, 6.45) is 1.44. The number of amides is 1. The smallest absolute Gasteiger partial charge is 0.343 e. The first-order valence-electron chi connectivity index (χ1n) is 9.19. The molecule has 6 nitrogen and oxygen atoms in total. The fourth-order valence-corrected chi connectivity index (χ4v) is 2.47. The van der Waals surface area contributed by atoms with Gasteiger partial charge in [0.05, 0.1) is 18.4 Å². The first-order chi connectivity index (χ1) is 14.5. The molecule has 0 spiro atoms. The van der Waals surface area contributed by atoms with Gasteiger partial charge in [-0.1, -0.05) is 0 Å². The van der Waals surface area contributed by atoms with Crippen molar-refractivity contribution in [1.82, 2.24) is 5.43 Å². The van der Waals surface area contributed by atoms with Gasteiger partial charge in [-0.2, -0.15) is 5.10 Å². The zero-order valence-corrected chi connectivity index (χ0v) is 16.2. The molecule has 7 heteroatoms. The third-order valence-corrected chi connectivity index (χ3v) is 3.98. The maximum atomic E-state index is 12.9. The highest BCUT2D eigenvalue weighted by Crippen LogP contribution is 2.16. The lowest BCUT2D eigenvalue weighted by Crippen LogP contribution is -2.17. The topological polar surface area (TPSA) is 77.0 Å². The lowest BCUT2D eigenvalue weighted by molar-refractivity contribution is 0.0734. The Morgan fingerprint density at radius 3 is 2.13 bits per heavy atom. The van der Waals surface area contributed by atoms with E-state index in [-0.39, 0.29) is 0 Å². The molecule has 0 unspecified atom stereocenters. The number of hydrogen-bond donors (Lipinski definition) is 1. The molecule has 152 valence electrons. The normalized spacial score (nSPS) is 10.6. The molecule has 0 bridgehead atoms. The van der Waals surface area contributed by atoms with Crippen molar-refractivity contribution in [2.45, 2.75) is 6.92 Å². The highest BCUT2D eigenvalue weighted by atomic mass is 19.1. The van der Waals surface area contributed by atoms with Gasteiger partial charge in [-0.25, -0.2) is 14.6 Å². The summed E-state index contributed by atoms with van der Waals surface area (Å²) in [4.78, 5) is 24.1. The molecular weight excluding hydrogens is 387 g/mol. The predicted octanol–water partition coefficient (Wildman–Crippen LogP) is 4.21. The van der Waals surface area contributed by atoms with Crippen LogP contribution in [0.2, 0.25) is 0 Å². The maximum absolute atomic E-state index is 12.9. The van der Waals surface area contributed by atoms with Crippen LogP contribution in [0, 0.1) is 5.82 Å². The Morgan fingerprint density at radius 2 is 1.50 bits per heavy atom. The average Bonchev–Trinajstić information content (AvgIpc) is 2.76. The quantitative estimate of drug-likeness (QED) is 0.276. The summed E-state index contributed by atoms with van der Waals surface area (Å²) in [6, 6.07) is 18.4. The second-order valence-corrected chi connectivity index (χ2v) is 6.12. The van der Waals surface area contributed by atoms with Crippen molar-refractivity contribution in [1.29, 1.82) is 0 Å². The van der Waals surface area contributed by atoms with Gasteiger partial charge in [0.1, 0.15) is 17.3 Å². The SMILES string of the molecule is CCOc1ccc(C(=O)Oc2ccc(/C=N/NC(=O)c3ccc(F)cc3)cc2)cc1. The van der Waals surface area contributed by atoms with E-state index in [1.807, 2.05) is 6.92 Å². The van der Waals surface area contributed by atoms with E-state index in [0.717, 1.165) is 0 Å². The molecule has 0 aromatic heterocycles. The lowest BCUT2D eigenvalue weighted by Gasteiger charge is -2.06. The molecule has 0 saturated heterocycles. The molecule has 0 aliphatic heterocycles. The number of carbonyl (C=O) groups is 2. The number of benzene rings is 3. The Kier molecular flexibility index (Phi) is 6.89. The van der Waals surface area contributed by atoms with Crippen LogP contribution in [0.4, 0.5) is 4.39 Å². The summed E-state index contributed by atoms with van der Waals surface area (Å²) >= 11 is 0. The van der Waals surface area contributed by atoms with Crippen LogP contribution in [0.1, 0.15) is 33.2 Å². The van der Waals surface area contributed by atoms with Crippen LogP contribution in [0.15, 0.2) is 77.9 Å². The van der Waals surface area contributed by atoms with Crippen molar-refractivity contribution in [3.05, 3.63) is 95.3 Å². The Balaban J connectivity index is 1.54. The Hall–Kier alpha value is -4.00. The van der Waals surface area contributed by atoms with Crippen molar-refractivity contribution in [2.24, 2.45) is 5.10 Å². The highest BCUT2D eigenvalue weighted by molar-refractivity contribution is 5.95. The molecule has 1 amide bonds. The average molecular weight is 406 g/mol. The number of hydrazone groups is 1. The Labute approximate surface area is 173 Å². The van der Waals surface area contributed by atoms with Crippen LogP contribution < -0.4 is 14.9 Å². The fraction of sp³-hybridized carbons (Fsp3) is 0.0870. The van der Waals surface area contributed by atoms with Gasteiger partial charge in [0.25, 0.3) is 5.91 Å². The minimum Gasteiger partial charge on any atom is -0.494 e. The molecule has 30 heavy (non-hydrogen) atoms. The molecule has 3 aromatic carbocycles. The van der Waals surface area contributed by atoms with Gasteiger partial charge in [0.2, 0.25) is 0 Å². The standard InChI is InChI=1S/C23H19FN2O4/c1-2-29-20-13-7-18(8-14-20)23(28)30-21-11-3-16(4-12-21)15-25-26-22(27)17-5-9-19(24)10-6-17/h3-15H,2H2,1H3,(H,26,27)/b25-15+. The number of rotatable bonds is 7. The lowest BCUT2D eigenvalue weighted by atomic mass is 10.2. The molecule has 0 atom stereocenters. The van der Waals surface area contributed by atoms with E-state index in [2.05, 4.69) is 10.5 Å². The summed E-state index contributed by atoms with van der Waals surface area (Å²) in [5, 5.41) is 3.86. The van der Waals surface area contributed by atoms with Crippen molar-refractivity contribution in [2.75, 3.05) is 6.61 Å². The summed E-state index contributed by atoms with van der Waals surface area (Å²) in [7, 11) is 0. The largest absolute Gasteiger partial charge is 0.494 e. The Morgan fingerprint density at radius 1 is 0.900 bits per heavy atom. The van der Waals surface area contributed by atoms with E-state index in [1.54, 1.807) is 48.5 Å². The van der Waals surface area contributed by atoms with Crippen LogP contribution >= 0.6 is 0 Å². The second-order valence-electron chi connectivity index (χ2n) is 6.12. The minimum absolute atomic E-state index is 0.296. The van der Waals surface area contributed by atoms with Gasteiger partial charge in [0, 0.05) is 5.56 Å². The second kappa shape index (κ2) is 9.97. The number of halogens is 1. The first-order valence-corrected chi connectivity index (χ1v) is 9.19. The predicted molar refractivity (Wildman–Crippen MR) is 110 cm³/mol. The van der Waals surface area contributed by atoms with Crippen LogP contribution in [-0.2, 0) is 0 Å². The minimum atomic E-state index is -0.481.